The van der Waals surface area contributed by atoms with Crippen LogP contribution in [-0.2, 0) is 0 Å². The zero-order valence-corrected chi connectivity index (χ0v) is 9.49. The van der Waals surface area contributed by atoms with Crippen LogP contribution in [0.25, 0.3) is 0 Å². The molecule has 1 aliphatic rings. The average molecular weight is 197 g/mol. The summed E-state index contributed by atoms with van der Waals surface area (Å²) in [6.07, 6.45) is 6.05. The lowest BCUT2D eigenvalue weighted by atomic mass is 9.89. The van der Waals surface area contributed by atoms with Gasteiger partial charge in [-0.25, -0.2) is 0 Å². The third-order valence-corrected chi connectivity index (χ3v) is 4.44. The van der Waals surface area contributed by atoms with Crippen molar-refractivity contribution in [2.24, 2.45) is 5.92 Å². The van der Waals surface area contributed by atoms with E-state index in [0.29, 0.717) is 5.92 Å². The maximum Gasteiger partial charge on any atom is 0.102 e. The van der Waals surface area contributed by atoms with Crippen molar-refractivity contribution < 1.29 is 0 Å². The zero-order chi connectivity index (χ0) is 9.73. The van der Waals surface area contributed by atoms with Crippen molar-refractivity contribution in [2.75, 3.05) is 5.75 Å². The molecule has 0 saturated heterocycles. The molecule has 0 spiro atoms. The summed E-state index contributed by atoms with van der Waals surface area (Å²) >= 11 is 1.89. The lowest BCUT2D eigenvalue weighted by Crippen LogP contribution is -2.26. The van der Waals surface area contributed by atoms with Crippen molar-refractivity contribution in [3.05, 3.63) is 0 Å². The molecule has 0 radical (unpaired) electrons. The van der Waals surface area contributed by atoms with E-state index in [1.807, 2.05) is 11.8 Å². The average Bonchev–Trinajstić information content (AvgIpc) is 2.16. The highest BCUT2D eigenvalue weighted by Gasteiger charge is 2.32. The predicted molar refractivity (Wildman–Crippen MR) is 58.7 cm³/mol. The van der Waals surface area contributed by atoms with Gasteiger partial charge in [-0.15, -0.1) is 11.8 Å². The lowest BCUT2D eigenvalue weighted by molar-refractivity contribution is 0.458. The standard InChI is InChI=1S/C11H19NS/c1-10(2)8-13-11(9-12)6-4-3-5-7-11/h10H,3-8H2,1-2H3. The van der Waals surface area contributed by atoms with E-state index >= 15 is 0 Å². The quantitative estimate of drug-likeness (QED) is 0.690. The van der Waals surface area contributed by atoms with Crippen molar-refractivity contribution in [2.45, 2.75) is 50.7 Å². The van der Waals surface area contributed by atoms with E-state index in [1.54, 1.807) is 0 Å². The van der Waals surface area contributed by atoms with Crippen molar-refractivity contribution in [1.82, 2.24) is 0 Å². The van der Waals surface area contributed by atoms with Gasteiger partial charge >= 0.3 is 0 Å². The second-order valence-corrected chi connectivity index (χ2v) is 5.78. The van der Waals surface area contributed by atoms with Gasteiger partial charge in [0.1, 0.15) is 4.75 Å². The van der Waals surface area contributed by atoms with Crippen molar-refractivity contribution in [3.8, 4) is 6.07 Å². The predicted octanol–water partition coefficient (Wildman–Crippen LogP) is 3.60. The first-order valence-electron chi connectivity index (χ1n) is 5.24. The Kier molecular flexibility index (Phi) is 4.12. The molecule has 1 saturated carbocycles. The second kappa shape index (κ2) is 4.91. The second-order valence-electron chi connectivity index (χ2n) is 4.37. The smallest absolute Gasteiger partial charge is 0.102 e. The molecule has 0 aromatic rings. The van der Waals surface area contributed by atoms with Gasteiger partial charge in [0.2, 0.25) is 0 Å². The summed E-state index contributed by atoms with van der Waals surface area (Å²) < 4.78 is -0.0253. The minimum absolute atomic E-state index is 0.0253. The van der Waals surface area contributed by atoms with Crippen LogP contribution in [0.4, 0.5) is 0 Å². The van der Waals surface area contributed by atoms with E-state index in [1.165, 1.54) is 19.3 Å². The summed E-state index contributed by atoms with van der Waals surface area (Å²) in [5.74, 6) is 1.84. The molecule has 1 nitrogen and oxygen atoms in total. The highest BCUT2D eigenvalue weighted by Crippen LogP contribution is 2.39. The molecule has 0 aromatic heterocycles. The number of hydrogen-bond donors (Lipinski definition) is 0. The molecule has 0 amide bonds. The summed E-state index contributed by atoms with van der Waals surface area (Å²) in [6.45, 7) is 4.45. The highest BCUT2D eigenvalue weighted by molar-refractivity contribution is 8.00. The molecule has 0 heterocycles. The van der Waals surface area contributed by atoms with Crippen molar-refractivity contribution >= 4 is 11.8 Å². The Balaban J connectivity index is 2.44. The first-order valence-corrected chi connectivity index (χ1v) is 6.22. The number of nitriles is 1. The van der Waals surface area contributed by atoms with Gasteiger partial charge in [-0.2, -0.15) is 5.26 Å². The summed E-state index contributed by atoms with van der Waals surface area (Å²) in [4.78, 5) is 0. The van der Waals surface area contributed by atoms with Gasteiger partial charge < -0.3 is 0 Å². The normalized spacial score (nSPS) is 21.4. The number of thioether (sulfide) groups is 1. The Morgan fingerprint density at radius 1 is 1.31 bits per heavy atom. The molecule has 0 atom stereocenters. The Bertz CT molecular complexity index is 187. The summed E-state index contributed by atoms with van der Waals surface area (Å²) in [5, 5.41) is 9.18. The summed E-state index contributed by atoms with van der Waals surface area (Å²) in [5.41, 5.74) is 0. The fourth-order valence-corrected chi connectivity index (χ4v) is 3.03. The van der Waals surface area contributed by atoms with E-state index in [2.05, 4.69) is 19.9 Å². The maximum atomic E-state index is 9.18. The topological polar surface area (TPSA) is 23.8 Å². The minimum atomic E-state index is -0.0253. The van der Waals surface area contributed by atoms with Crippen LogP contribution in [0, 0.1) is 17.2 Å². The molecule has 0 aromatic carbocycles. The van der Waals surface area contributed by atoms with Crippen molar-refractivity contribution in [3.63, 3.8) is 0 Å². The maximum absolute atomic E-state index is 9.18. The van der Waals surface area contributed by atoms with Crippen molar-refractivity contribution in [1.29, 1.82) is 5.26 Å². The largest absolute Gasteiger partial charge is 0.197 e. The van der Waals surface area contributed by atoms with E-state index in [4.69, 9.17) is 0 Å². The Morgan fingerprint density at radius 2 is 1.92 bits per heavy atom. The van der Waals surface area contributed by atoms with E-state index in [-0.39, 0.29) is 4.75 Å². The Hall–Kier alpha value is -0.160. The molecule has 1 aliphatic carbocycles. The molecule has 0 N–H and O–H groups in total. The SMILES string of the molecule is CC(C)CSC1(C#N)CCCCC1. The van der Waals surface area contributed by atoms with Crippen LogP contribution in [0.2, 0.25) is 0 Å². The summed E-state index contributed by atoms with van der Waals surface area (Å²) in [7, 11) is 0. The van der Waals surface area contributed by atoms with Crippen LogP contribution >= 0.6 is 11.8 Å². The molecule has 1 fully saturated rings. The summed E-state index contributed by atoms with van der Waals surface area (Å²) in [6, 6.07) is 2.54. The van der Waals surface area contributed by atoms with Crippen LogP contribution in [0.15, 0.2) is 0 Å². The number of hydrogen-bond acceptors (Lipinski definition) is 2. The fourth-order valence-electron chi connectivity index (χ4n) is 1.74. The van der Waals surface area contributed by atoms with Crippen LogP contribution in [-0.4, -0.2) is 10.5 Å². The minimum Gasteiger partial charge on any atom is -0.197 e. The third kappa shape index (κ3) is 3.23. The van der Waals surface area contributed by atoms with E-state index in [0.717, 1.165) is 18.6 Å². The Morgan fingerprint density at radius 3 is 2.38 bits per heavy atom. The molecule has 0 bridgehead atoms. The van der Waals surface area contributed by atoms with E-state index in [9.17, 15) is 5.26 Å². The monoisotopic (exact) mass is 197 g/mol. The number of rotatable bonds is 3. The molecular weight excluding hydrogens is 178 g/mol. The molecule has 2 heteroatoms. The van der Waals surface area contributed by atoms with Gasteiger partial charge in [-0.05, 0) is 24.5 Å². The van der Waals surface area contributed by atoms with Gasteiger partial charge in [0.25, 0.3) is 0 Å². The molecule has 0 aliphatic heterocycles. The van der Waals surface area contributed by atoms with Crippen LogP contribution < -0.4 is 0 Å². The van der Waals surface area contributed by atoms with Crippen LogP contribution in [0.1, 0.15) is 46.0 Å². The third-order valence-electron chi connectivity index (χ3n) is 2.56. The lowest BCUT2D eigenvalue weighted by Gasteiger charge is -2.30. The van der Waals surface area contributed by atoms with Gasteiger partial charge in [0, 0.05) is 0 Å². The zero-order valence-electron chi connectivity index (χ0n) is 8.68. The van der Waals surface area contributed by atoms with Crippen LogP contribution in [0.3, 0.4) is 0 Å². The first-order chi connectivity index (χ1) is 6.18. The number of nitrogens with zero attached hydrogens (tertiary/aromatic N) is 1. The molecular formula is C11H19NS. The fraction of sp³-hybridized carbons (Fsp3) is 0.909. The van der Waals surface area contributed by atoms with E-state index < -0.39 is 0 Å². The first kappa shape index (κ1) is 10.9. The van der Waals surface area contributed by atoms with Gasteiger partial charge in [0.05, 0.1) is 6.07 Å². The highest BCUT2D eigenvalue weighted by atomic mass is 32.2. The molecule has 1 rings (SSSR count). The Labute approximate surface area is 85.9 Å². The molecule has 13 heavy (non-hydrogen) atoms. The van der Waals surface area contributed by atoms with Gasteiger partial charge in [0.15, 0.2) is 0 Å². The van der Waals surface area contributed by atoms with Gasteiger partial charge in [-0.3, -0.25) is 0 Å². The molecule has 0 unspecified atom stereocenters. The van der Waals surface area contributed by atoms with Crippen LogP contribution in [0.5, 0.6) is 0 Å². The van der Waals surface area contributed by atoms with Gasteiger partial charge in [-0.1, -0.05) is 33.1 Å². The molecule has 74 valence electrons.